The highest BCUT2D eigenvalue weighted by Gasteiger charge is 2.36. The van der Waals surface area contributed by atoms with Crippen LogP contribution in [0.25, 0.3) is 0 Å². The third-order valence-electron chi connectivity index (χ3n) is 3.23. The van der Waals surface area contributed by atoms with Gasteiger partial charge in [-0.2, -0.15) is 11.8 Å². The summed E-state index contributed by atoms with van der Waals surface area (Å²) in [6.45, 7) is 0.0246. The maximum Gasteiger partial charge on any atom is 0.328 e. The summed E-state index contributed by atoms with van der Waals surface area (Å²) in [5, 5.41) is 15.5. The van der Waals surface area contributed by atoms with Gasteiger partial charge in [-0.05, 0) is 42.8 Å². The van der Waals surface area contributed by atoms with E-state index in [1.807, 2.05) is 24.5 Å². The van der Waals surface area contributed by atoms with Crippen molar-refractivity contribution in [2.45, 2.75) is 12.5 Å². The molecule has 1 atom stereocenters. The number of hydrogen-bond donors (Lipinski definition) is 2. The maximum absolute atomic E-state index is 11.7. The molecule has 1 aliphatic rings. The summed E-state index contributed by atoms with van der Waals surface area (Å²) in [4.78, 5) is 23.3. The van der Waals surface area contributed by atoms with E-state index in [1.54, 1.807) is 28.9 Å². The van der Waals surface area contributed by atoms with Gasteiger partial charge in [-0.15, -0.1) is 0 Å². The first kappa shape index (κ1) is 16.6. The van der Waals surface area contributed by atoms with Crippen molar-refractivity contribution in [1.82, 2.24) is 10.3 Å². The smallest absolute Gasteiger partial charge is 0.328 e. The minimum absolute atomic E-state index is 0.0246. The molecule has 1 heterocycles. The van der Waals surface area contributed by atoms with Crippen LogP contribution in [0.3, 0.4) is 0 Å². The van der Waals surface area contributed by atoms with Crippen molar-refractivity contribution in [3.05, 3.63) is 30.3 Å². The Bertz CT molecular complexity index is 568. The molecule has 0 spiro atoms. The van der Waals surface area contributed by atoms with Gasteiger partial charge in [-0.25, -0.2) is 9.80 Å². The van der Waals surface area contributed by atoms with Crippen LogP contribution in [-0.2, 0) is 9.59 Å². The molecule has 118 valence electrons. The van der Waals surface area contributed by atoms with Crippen molar-refractivity contribution in [1.29, 1.82) is 0 Å². The third-order valence-corrected chi connectivity index (χ3v) is 4.19. The fraction of sp³-hybridized carbons (Fsp3) is 0.357. The van der Waals surface area contributed by atoms with Crippen molar-refractivity contribution in [2.75, 3.05) is 23.6 Å². The fourth-order valence-corrected chi connectivity index (χ4v) is 2.98. The van der Waals surface area contributed by atoms with Gasteiger partial charge in [0.2, 0.25) is 5.91 Å². The predicted molar refractivity (Wildman–Crippen MR) is 90.8 cm³/mol. The number of thioether (sulfide) groups is 1. The second-order valence-corrected chi connectivity index (χ2v) is 6.10. The van der Waals surface area contributed by atoms with Crippen LogP contribution in [0, 0.1) is 0 Å². The molecule has 2 N–H and O–H groups in total. The van der Waals surface area contributed by atoms with Gasteiger partial charge in [0.15, 0.2) is 5.11 Å². The number of carboxylic acid groups (broad SMARTS) is 1. The van der Waals surface area contributed by atoms with Crippen LogP contribution in [0.2, 0.25) is 0 Å². The summed E-state index contributed by atoms with van der Waals surface area (Å²) in [5.41, 5.74) is 0.690. The van der Waals surface area contributed by atoms with E-state index in [0.717, 1.165) is 0 Å². The van der Waals surface area contributed by atoms with Crippen LogP contribution in [0.15, 0.2) is 30.3 Å². The summed E-state index contributed by atoms with van der Waals surface area (Å²) in [6, 6.07) is 8.32. The van der Waals surface area contributed by atoms with Crippen molar-refractivity contribution in [3.63, 3.8) is 0 Å². The molecule has 1 aromatic carbocycles. The van der Waals surface area contributed by atoms with Crippen molar-refractivity contribution >= 4 is 46.7 Å². The highest BCUT2D eigenvalue weighted by molar-refractivity contribution is 7.98. The standard InChI is InChI=1S/C14H17N3O3S2/c1-22-8-7-11(13(19)20)17(10-5-3-2-4-6-10)16-9-12(18)15-14(16)21/h2-6,11H,7-9H2,1H3,(H,19,20)(H,15,18,21)/t11-/m0/s1. The SMILES string of the molecule is CSCC[C@@H](C(=O)O)N(c1ccccc1)N1CC(=O)NC1=S. The van der Waals surface area contributed by atoms with Crippen LogP contribution < -0.4 is 10.3 Å². The van der Waals surface area contributed by atoms with Crippen LogP contribution in [0.1, 0.15) is 6.42 Å². The summed E-state index contributed by atoms with van der Waals surface area (Å²) in [6.07, 6.45) is 2.37. The minimum atomic E-state index is -0.944. The van der Waals surface area contributed by atoms with Gasteiger partial charge in [0, 0.05) is 0 Å². The Morgan fingerprint density at radius 3 is 2.68 bits per heavy atom. The topological polar surface area (TPSA) is 72.9 Å². The first-order valence-corrected chi connectivity index (χ1v) is 8.52. The Morgan fingerprint density at radius 2 is 2.18 bits per heavy atom. The quantitative estimate of drug-likeness (QED) is 0.726. The first-order valence-electron chi connectivity index (χ1n) is 6.72. The van der Waals surface area contributed by atoms with Crippen LogP contribution in [0.4, 0.5) is 5.69 Å². The zero-order valence-corrected chi connectivity index (χ0v) is 13.7. The largest absolute Gasteiger partial charge is 0.480 e. The lowest BCUT2D eigenvalue weighted by molar-refractivity contribution is -0.139. The number of carbonyl (C=O) groups excluding carboxylic acids is 1. The first-order chi connectivity index (χ1) is 10.5. The van der Waals surface area contributed by atoms with Crippen LogP contribution in [0.5, 0.6) is 0 Å². The second-order valence-electron chi connectivity index (χ2n) is 4.73. The summed E-state index contributed by atoms with van der Waals surface area (Å²) >= 11 is 6.75. The van der Waals surface area contributed by atoms with Gasteiger partial charge < -0.3 is 5.11 Å². The fourth-order valence-electron chi connectivity index (χ4n) is 2.25. The molecule has 0 aliphatic carbocycles. The monoisotopic (exact) mass is 339 g/mol. The van der Waals surface area contributed by atoms with Crippen LogP contribution >= 0.6 is 24.0 Å². The van der Waals surface area contributed by atoms with E-state index in [4.69, 9.17) is 12.2 Å². The van der Waals surface area contributed by atoms with E-state index in [9.17, 15) is 14.7 Å². The summed E-state index contributed by atoms with van der Waals surface area (Å²) in [7, 11) is 0. The number of anilines is 1. The van der Waals surface area contributed by atoms with E-state index >= 15 is 0 Å². The molecule has 1 aliphatic heterocycles. The number of hydrazine groups is 1. The normalized spacial score (nSPS) is 15.6. The Hall–Kier alpha value is -1.80. The van der Waals surface area contributed by atoms with Crippen molar-refractivity contribution < 1.29 is 14.7 Å². The molecule has 1 fully saturated rings. The molecule has 1 saturated heterocycles. The number of nitrogens with zero attached hydrogens (tertiary/aromatic N) is 2. The van der Waals surface area contributed by atoms with Gasteiger partial charge in [-0.1, -0.05) is 18.2 Å². The molecular formula is C14H17N3O3S2. The number of nitrogens with one attached hydrogen (secondary N) is 1. The molecule has 0 aromatic heterocycles. The zero-order valence-electron chi connectivity index (χ0n) is 12.1. The van der Waals surface area contributed by atoms with Gasteiger partial charge in [0.05, 0.1) is 5.69 Å². The van der Waals surface area contributed by atoms with Gasteiger partial charge >= 0.3 is 5.97 Å². The Balaban J connectivity index is 2.38. The average molecular weight is 339 g/mol. The van der Waals surface area contributed by atoms with Gasteiger partial charge in [0.1, 0.15) is 12.6 Å². The van der Waals surface area contributed by atoms with E-state index < -0.39 is 12.0 Å². The van der Waals surface area contributed by atoms with E-state index in [2.05, 4.69) is 5.32 Å². The maximum atomic E-state index is 11.7. The molecular weight excluding hydrogens is 322 g/mol. The number of thiocarbonyl (C=S) groups is 1. The number of rotatable bonds is 7. The number of hydrogen-bond acceptors (Lipinski definition) is 5. The lowest BCUT2D eigenvalue weighted by Gasteiger charge is -2.37. The number of aliphatic carboxylic acids is 1. The molecule has 6 nitrogen and oxygen atoms in total. The average Bonchev–Trinajstić information content (AvgIpc) is 2.82. The van der Waals surface area contributed by atoms with E-state index in [1.165, 1.54) is 5.01 Å². The Kier molecular flexibility index (Phi) is 5.62. The van der Waals surface area contributed by atoms with Crippen molar-refractivity contribution in [2.24, 2.45) is 0 Å². The Morgan fingerprint density at radius 1 is 1.50 bits per heavy atom. The molecule has 0 bridgehead atoms. The number of para-hydroxylation sites is 1. The van der Waals surface area contributed by atoms with Gasteiger partial charge in [0.25, 0.3) is 0 Å². The molecule has 0 saturated carbocycles. The highest BCUT2D eigenvalue weighted by Crippen LogP contribution is 2.23. The molecule has 0 radical (unpaired) electrons. The van der Waals surface area contributed by atoms with E-state index in [0.29, 0.717) is 17.9 Å². The summed E-state index contributed by atoms with van der Waals surface area (Å²) < 4.78 is 0. The second kappa shape index (κ2) is 7.46. The van der Waals surface area contributed by atoms with E-state index in [-0.39, 0.29) is 17.6 Å². The Labute approximate surface area is 138 Å². The lowest BCUT2D eigenvalue weighted by atomic mass is 10.2. The summed E-state index contributed by atoms with van der Waals surface area (Å²) in [5.74, 6) is -0.484. The van der Waals surface area contributed by atoms with Crippen molar-refractivity contribution in [3.8, 4) is 0 Å². The molecule has 1 amide bonds. The van der Waals surface area contributed by atoms with Gasteiger partial charge in [-0.3, -0.25) is 15.1 Å². The zero-order chi connectivity index (χ0) is 16.1. The highest BCUT2D eigenvalue weighted by atomic mass is 32.2. The molecule has 0 unspecified atom stereocenters. The lowest BCUT2D eigenvalue weighted by Crippen LogP contribution is -2.53. The number of carbonyl (C=O) groups is 2. The molecule has 2 rings (SSSR count). The molecule has 1 aromatic rings. The number of amides is 1. The predicted octanol–water partition coefficient (Wildman–Crippen LogP) is 1.33. The number of carboxylic acids is 1. The molecule has 22 heavy (non-hydrogen) atoms. The van der Waals surface area contributed by atoms with Crippen LogP contribution in [-0.4, -0.2) is 51.7 Å². The minimum Gasteiger partial charge on any atom is -0.480 e. The third kappa shape index (κ3) is 3.69. The molecule has 8 heteroatoms. The number of benzene rings is 1.